The highest BCUT2D eigenvalue weighted by molar-refractivity contribution is 9.10. The molecule has 5 heteroatoms. The SMILES string of the molecule is Cc1ccc(C(=O)c2c(Br)cnn2C)c(Cl)c1. The maximum absolute atomic E-state index is 12.3. The lowest BCUT2D eigenvalue weighted by atomic mass is 10.1. The van der Waals surface area contributed by atoms with Gasteiger partial charge in [0.05, 0.1) is 15.7 Å². The molecule has 0 radical (unpaired) electrons. The first kappa shape index (κ1) is 12.3. The van der Waals surface area contributed by atoms with Crippen molar-refractivity contribution in [3.8, 4) is 0 Å². The van der Waals surface area contributed by atoms with Gasteiger partial charge in [0.1, 0.15) is 5.69 Å². The Balaban J connectivity index is 2.51. The second kappa shape index (κ2) is 4.63. The topological polar surface area (TPSA) is 34.9 Å². The van der Waals surface area contributed by atoms with E-state index in [2.05, 4.69) is 21.0 Å². The number of ketones is 1. The van der Waals surface area contributed by atoms with Gasteiger partial charge in [0, 0.05) is 12.6 Å². The van der Waals surface area contributed by atoms with Crippen LogP contribution in [0.15, 0.2) is 28.9 Å². The summed E-state index contributed by atoms with van der Waals surface area (Å²) >= 11 is 9.39. The van der Waals surface area contributed by atoms with Crippen LogP contribution in [0.1, 0.15) is 21.6 Å². The van der Waals surface area contributed by atoms with Crippen LogP contribution in [0.5, 0.6) is 0 Å². The van der Waals surface area contributed by atoms with Crippen molar-refractivity contribution in [3.05, 3.63) is 50.7 Å². The van der Waals surface area contributed by atoms with Gasteiger partial charge >= 0.3 is 0 Å². The van der Waals surface area contributed by atoms with Crippen molar-refractivity contribution in [3.63, 3.8) is 0 Å². The normalized spacial score (nSPS) is 10.6. The maximum atomic E-state index is 12.3. The molecule has 1 aromatic heterocycles. The monoisotopic (exact) mass is 312 g/mol. The maximum Gasteiger partial charge on any atom is 0.213 e. The third-order valence-electron chi connectivity index (χ3n) is 2.48. The molecule has 0 aliphatic rings. The zero-order valence-electron chi connectivity index (χ0n) is 9.37. The number of carbonyl (C=O) groups excluding carboxylic acids is 1. The quantitative estimate of drug-likeness (QED) is 0.797. The highest BCUT2D eigenvalue weighted by Gasteiger charge is 2.19. The molecule has 0 unspecified atom stereocenters. The molecule has 0 aliphatic heterocycles. The van der Waals surface area contributed by atoms with Crippen LogP contribution in [-0.2, 0) is 7.05 Å². The van der Waals surface area contributed by atoms with Crippen LogP contribution in [-0.4, -0.2) is 15.6 Å². The molecule has 0 N–H and O–H groups in total. The Morgan fingerprint density at radius 1 is 1.47 bits per heavy atom. The first-order chi connectivity index (χ1) is 8.00. The summed E-state index contributed by atoms with van der Waals surface area (Å²) in [6, 6.07) is 5.38. The number of aryl methyl sites for hydroxylation is 2. The van der Waals surface area contributed by atoms with Gasteiger partial charge in [-0.05, 0) is 40.5 Å². The minimum atomic E-state index is -0.137. The summed E-state index contributed by atoms with van der Waals surface area (Å²) in [6.45, 7) is 1.93. The predicted molar refractivity (Wildman–Crippen MR) is 70.5 cm³/mol. The second-order valence-corrected chi connectivity index (χ2v) is 5.04. The number of halogens is 2. The van der Waals surface area contributed by atoms with Crippen LogP contribution in [0.3, 0.4) is 0 Å². The standard InChI is InChI=1S/C12H10BrClN2O/c1-7-3-4-8(10(14)5-7)12(17)11-9(13)6-15-16(11)2/h3-6H,1-2H3. The predicted octanol–water partition coefficient (Wildman–Crippen LogP) is 3.38. The van der Waals surface area contributed by atoms with Crippen LogP contribution in [0.2, 0.25) is 5.02 Å². The van der Waals surface area contributed by atoms with Gasteiger partial charge in [0.2, 0.25) is 5.78 Å². The van der Waals surface area contributed by atoms with Gasteiger partial charge in [-0.3, -0.25) is 9.48 Å². The van der Waals surface area contributed by atoms with Crippen LogP contribution in [0.25, 0.3) is 0 Å². The Kier molecular flexibility index (Phi) is 3.35. The van der Waals surface area contributed by atoms with Crippen LogP contribution >= 0.6 is 27.5 Å². The average Bonchev–Trinajstić information content (AvgIpc) is 2.58. The largest absolute Gasteiger partial charge is 0.287 e. The van der Waals surface area contributed by atoms with Gasteiger partial charge in [-0.25, -0.2) is 0 Å². The molecule has 0 aliphatic carbocycles. The molecule has 1 heterocycles. The van der Waals surface area contributed by atoms with E-state index in [0.717, 1.165) is 5.56 Å². The van der Waals surface area contributed by atoms with E-state index in [4.69, 9.17) is 11.6 Å². The lowest BCUT2D eigenvalue weighted by molar-refractivity contribution is 0.102. The lowest BCUT2D eigenvalue weighted by Gasteiger charge is -2.05. The van der Waals surface area contributed by atoms with Gasteiger partial charge in [-0.15, -0.1) is 0 Å². The fourth-order valence-corrected chi connectivity index (χ4v) is 2.45. The fraction of sp³-hybridized carbons (Fsp3) is 0.167. The highest BCUT2D eigenvalue weighted by Crippen LogP contribution is 2.24. The Morgan fingerprint density at radius 3 is 2.71 bits per heavy atom. The number of aromatic nitrogens is 2. The first-order valence-corrected chi connectivity index (χ1v) is 6.16. The summed E-state index contributed by atoms with van der Waals surface area (Å²) < 4.78 is 2.20. The van der Waals surface area contributed by atoms with Gasteiger partial charge < -0.3 is 0 Å². The van der Waals surface area contributed by atoms with Crippen molar-refractivity contribution in [2.75, 3.05) is 0 Å². The number of nitrogens with zero attached hydrogens (tertiary/aromatic N) is 2. The third kappa shape index (κ3) is 2.28. The number of carbonyl (C=O) groups is 1. The molecule has 88 valence electrons. The average molecular weight is 314 g/mol. The number of hydrogen-bond acceptors (Lipinski definition) is 2. The van der Waals surface area contributed by atoms with E-state index in [1.54, 1.807) is 25.4 Å². The van der Waals surface area contributed by atoms with Crippen LogP contribution in [0, 0.1) is 6.92 Å². The van der Waals surface area contributed by atoms with Crippen molar-refractivity contribution in [1.82, 2.24) is 9.78 Å². The molecule has 0 fully saturated rings. The Hall–Kier alpha value is -1.13. The van der Waals surface area contributed by atoms with Crippen molar-refractivity contribution < 1.29 is 4.79 Å². The summed E-state index contributed by atoms with van der Waals surface area (Å²) in [6.07, 6.45) is 1.59. The zero-order chi connectivity index (χ0) is 12.6. The van der Waals surface area contributed by atoms with Gasteiger partial charge in [-0.2, -0.15) is 5.10 Å². The second-order valence-electron chi connectivity index (χ2n) is 3.78. The third-order valence-corrected chi connectivity index (χ3v) is 3.37. The fourth-order valence-electron chi connectivity index (χ4n) is 1.60. The molecule has 0 atom stereocenters. The van der Waals surface area contributed by atoms with E-state index in [0.29, 0.717) is 20.8 Å². The molecule has 2 aromatic rings. The number of benzene rings is 1. The molecule has 0 saturated carbocycles. The number of rotatable bonds is 2. The molecular weight excluding hydrogens is 304 g/mol. The Bertz CT molecular complexity index is 573. The summed E-state index contributed by atoms with van der Waals surface area (Å²) in [7, 11) is 1.72. The molecule has 0 bridgehead atoms. The minimum absolute atomic E-state index is 0.137. The van der Waals surface area contributed by atoms with E-state index < -0.39 is 0 Å². The van der Waals surface area contributed by atoms with E-state index in [1.165, 1.54) is 4.68 Å². The van der Waals surface area contributed by atoms with Crippen LogP contribution in [0.4, 0.5) is 0 Å². The van der Waals surface area contributed by atoms with Crippen molar-refractivity contribution in [2.45, 2.75) is 6.92 Å². The van der Waals surface area contributed by atoms with Gasteiger partial charge in [0.15, 0.2) is 0 Å². The Morgan fingerprint density at radius 2 is 2.18 bits per heavy atom. The molecule has 1 aromatic carbocycles. The van der Waals surface area contributed by atoms with Crippen molar-refractivity contribution in [2.24, 2.45) is 7.05 Å². The molecule has 0 spiro atoms. The van der Waals surface area contributed by atoms with E-state index in [-0.39, 0.29) is 5.78 Å². The molecular formula is C12H10BrClN2O. The summed E-state index contributed by atoms with van der Waals surface area (Å²) in [5.41, 5.74) is 2.01. The smallest absolute Gasteiger partial charge is 0.213 e. The first-order valence-electron chi connectivity index (χ1n) is 4.99. The van der Waals surface area contributed by atoms with E-state index in [9.17, 15) is 4.79 Å². The summed E-state index contributed by atoms with van der Waals surface area (Å²) in [5, 5.41) is 4.48. The minimum Gasteiger partial charge on any atom is -0.287 e. The lowest BCUT2D eigenvalue weighted by Crippen LogP contribution is -2.09. The van der Waals surface area contributed by atoms with E-state index >= 15 is 0 Å². The van der Waals surface area contributed by atoms with Gasteiger partial charge in [-0.1, -0.05) is 17.7 Å². The van der Waals surface area contributed by atoms with Crippen molar-refractivity contribution in [1.29, 1.82) is 0 Å². The summed E-state index contributed by atoms with van der Waals surface area (Å²) in [5.74, 6) is -0.137. The van der Waals surface area contributed by atoms with E-state index in [1.807, 2.05) is 13.0 Å². The molecule has 3 nitrogen and oxygen atoms in total. The van der Waals surface area contributed by atoms with Crippen molar-refractivity contribution >= 4 is 33.3 Å². The molecule has 0 amide bonds. The number of hydrogen-bond donors (Lipinski definition) is 0. The summed E-state index contributed by atoms with van der Waals surface area (Å²) in [4.78, 5) is 12.3. The van der Waals surface area contributed by atoms with Crippen LogP contribution < -0.4 is 0 Å². The highest BCUT2D eigenvalue weighted by atomic mass is 79.9. The Labute approximate surface area is 113 Å². The molecule has 0 saturated heterocycles. The van der Waals surface area contributed by atoms with Gasteiger partial charge in [0.25, 0.3) is 0 Å². The molecule has 17 heavy (non-hydrogen) atoms. The zero-order valence-corrected chi connectivity index (χ0v) is 11.7. The molecule has 2 rings (SSSR count).